The van der Waals surface area contributed by atoms with Gasteiger partial charge >= 0.3 is 6.18 Å². The molecule has 9 nitrogen and oxygen atoms in total. The molecule has 4 aromatic rings. The number of rotatable bonds is 7. The van der Waals surface area contributed by atoms with E-state index in [0.29, 0.717) is 18.2 Å². The van der Waals surface area contributed by atoms with Gasteiger partial charge in [0.1, 0.15) is 24.1 Å². The zero-order valence-electron chi connectivity index (χ0n) is 19.1. The molecule has 188 valence electrons. The first kappa shape index (κ1) is 23.9. The van der Waals surface area contributed by atoms with E-state index in [9.17, 15) is 18.3 Å². The summed E-state index contributed by atoms with van der Waals surface area (Å²) in [6.07, 6.45) is 3.06. The third kappa shape index (κ3) is 5.23. The minimum absolute atomic E-state index is 0.0330. The molecule has 0 radical (unpaired) electrons. The Morgan fingerprint density at radius 3 is 2.83 bits per heavy atom. The molecular formula is C24H24F3N7O2. The number of hydrogen-bond acceptors (Lipinski definition) is 8. The van der Waals surface area contributed by atoms with Crippen molar-refractivity contribution < 1.29 is 23.0 Å². The molecule has 1 saturated carbocycles. The van der Waals surface area contributed by atoms with Crippen LogP contribution in [0.4, 0.5) is 19.1 Å². The Kier molecular flexibility index (Phi) is 6.68. The van der Waals surface area contributed by atoms with Gasteiger partial charge < -0.3 is 15.2 Å². The van der Waals surface area contributed by atoms with E-state index in [2.05, 4.69) is 30.5 Å². The number of anilines is 1. The second-order valence-electron chi connectivity index (χ2n) is 8.72. The highest BCUT2D eigenvalue weighted by Crippen LogP contribution is 2.37. The molecule has 3 atom stereocenters. The molecule has 1 aliphatic carbocycles. The Bertz CT molecular complexity index is 1320. The van der Waals surface area contributed by atoms with E-state index in [-0.39, 0.29) is 17.9 Å². The van der Waals surface area contributed by atoms with Crippen LogP contribution in [0.5, 0.6) is 5.88 Å². The van der Waals surface area contributed by atoms with Gasteiger partial charge in [0.25, 0.3) is 0 Å². The van der Waals surface area contributed by atoms with Crippen LogP contribution in [0.1, 0.15) is 54.7 Å². The lowest BCUT2D eigenvalue weighted by Crippen LogP contribution is -2.28. The third-order valence-electron chi connectivity index (χ3n) is 6.22. The number of halogens is 3. The van der Waals surface area contributed by atoms with Crippen LogP contribution in [0.2, 0.25) is 0 Å². The van der Waals surface area contributed by atoms with Gasteiger partial charge in [-0.2, -0.15) is 18.2 Å². The molecule has 0 amide bonds. The van der Waals surface area contributed by atoms with E-state index in [4.69, 9.17) is 4.74 Å². The van der Waals surface area contributed by atoms with Gasteiger partial charge in [0.2, 0.25) is 11.8 Å². The third-order valence-corrected chi connectivity index (χ3v) is 6.22. The zero-order chi connectivity index (χ0) is 25.1. The second kappa shape index (κ2) is 10.1. The first-order valence-electron chi connectivity index (χ1n) is 11.6. The number of nitrogens with one attached hydrogen (secondary N) is 1. The van der Waals surface area contributed by atoms with Crippen LogP contribution >= 0.6 is 0 Å². The molecule has 1 fully saturated rings. The van der Waals surface area contributed by atoms with Crippen molar-refractivity contribution in [3.05, 3.63) is 72.1 Å². The molecule has 1 aliphatic rings. The second-order valence-corrected chi connectivity index (χ2v) is 8.72. The molecule has 5 rings (SSSR count). The maximum absolute atomic E-state index is 13.6. The van der Waals surface area contributed by atoms with Gasteiger partial charge in [0, 0.05) is 42.3 Å². The fourth-order valence-electron chi connectivity index (χ4n) is 4.44. The summed E-state index contributed by atoms with van der Waals surface area (Å²) in [5.74, 6) is 0.386. The summed E-state index contributed by atoms with van der Waals surface area (Å²) in [5, 5.41) is 22.0. The van der Waals surface area contributed by atoms with Crippen molar-refractivity contribution >= 4 is 11.6 Å². The SMILES string of the molecule is O[C@H](COc1nc(N[C@@H]2CCC[C@H](c3nnc4ccccn34)C2)ncc1C(F)(F)F)c1cccnc1. The average molecular weight is 499 g/mol. The fourth-order valence-corrected chi connectivity index (χ4v) is 4.44. The molecule has 36 heavy (non-hydrogen) atoms. The van der Waals surface area contributed by atoms with Crippen LogP contribution in [0, 0.1) is 0 Å². The molecule has 0 aliphatic heterocycles. The molecule has 0 bridgehead atoms. The van der Waals surface area contributed by atoms with Gasteiger partial charge in [-0.05, 0) is 37.5 Å². The highest BCUT2D eigenvalue weighted by atomic mass is 19.4. The minimum atomic E-state index is -4.71. The predicted molar refractivity (Wildman–Crippen MR) is 123 cm³/mol. The molecular weight excluding hydrogens is 475 g/mol. The number of pyridine rings is 2. The number of aliphatic hydroxyl groups excluding tert-OH is 1. The number of aromatic nitrogens is 6. The van der Waals surface area contributed by atoms with E-state index in [1.807, 2.05) is 28.8 Å². The number of nitrogens with zero attached hydrogens (tertiary/aromatic N) is 6. The number of hydrogen-bond donors (Lipinski definition) is 2. The van der Waals surface area contributed by atoms with Crippen molar-refractivity contribution in [2.45, 2.75) is 49.9 Å². The number of alkyl halides is 3. The van der Waals surface area contributed by atoms with Gasteiger partial charge in [-0.15, -0.1) is 10.2 Å². The Labute approximate surface area is 204 Å². The molecule has 12 heteroatoms. The standard InChI is InChI=1S/C24H24F3N7O2/c25-24(26,27)18-13-29-23(31-22(18)36-14-19(35)16-6-4-9-28-12-16)30-17-7-3-5-15(11-17)21-33-32-20-8-1-2-10-34(20)21/h1-2,4,6,8-10,12-13,15,17,19,35H,3,5,7,11,14H2,(H,29,30,31)/t15-,17+,19+/m0/s1. The van der Waals surface area contributed by atoms with Crippen molar-refractivity contribution in [3.63, 3.8) is 0 Å². The maximum Gasteiger partial charge on any atom is 0.423 e. The van der Waals surface area contributed by atoms with Crippen LogP contribution in [0.15, 0.2) is 55.1 Å². The van der Waals surface area contributed by atoms with Crippen LogP contribution in [0.25, 0.3) is 5.65 Å². The fraction of sp³-hybridized carbons (Fsp3) is 0.375. The summed E-state index contributed by atoms with van der Waals surface area (Å²) >= 11 is 0. The summed E-state index contributed by atoms with van der Waals surface area (Å²) in [6, 6.07) is 8.86. The highest BCUT2D eigenvalue weighted by Gasteiger charge is 2.37. The summed E-state index contributed by atoms with van der Waals surface area (Å²) in [6.45, 7) is -0.420. The van der Waals surface area contributed by atoms with Gasteiger partial charge in [-0.3, -0.25) is 9.38 Å². The number of ether oxygens (including phenoxy) is 1. The van der Waals surface area contributed by atoms with Crippen molar-refractivity contribution in [1.82, 2.24) is 29.5 Å². The normalized spacial score (nSPS) is 19.2. The number of aliphatic hydroxyl groups is 1. The smallest absolute Gasteiger partial charge is 0.423 e. The van der Waals surface area contributed by atoms with E-state index in [1.165, 1.54) is 12.4 Å². The first-order chi connectivity index (χ1) is 17.4. The molecule has 0 unspecified atom stereocenters. The lowest BCUT2D eigenvalue weighted by atomic mass is 9.85. The van der Waals surface area contributed by atoms with Crippen molar-refractivity contribution in [1.29, 1.82) is 0 Å². The quantitative estimate of drug-likeness (QED) is 0.390. The molecule has 4 heterocycles. The lowest BCUT2D eigenvalue weighted by molar-refractivity contribution is -0.139. The lowest BCUT2D eigenvalue weighted by Gasteiger charge is -2.29. The zero-order valence-corrected chi connectivity index (χ0v) is 19.1. The van der Waals surface area contributed by atoms with Crippen molar-refractivity contribution in [2.75, 3.05) is 11.9 Å². The largest absolute Gasteiger partial charge is 0.474 e. The van der Waals surface area contributed by atoms with Gasteiger partial charge in [0.05, 0.1) is 0 Å². The van der Waals surface area contributed by atoms with Crippen LogP contribution < -0.4 is 10.1 Å². The molecule has 0 saturated heterocycles. The summed E-state index contributed by atoms with van der Waals surface area (Å²) in [7, 11) is 0. The van der Waals surface area contributed by atoms with Gasteiger partial charge in [-0.1, -0.05) is 18.6 Å². The Hall–Kier alpha value is -3.80. The van der Waals surface area contributed by atoms with E-state index < -0.39 is 30.3 Å². The Morgan fingerprint density at radius 2 is 2.03 bits per heavy atom. The molecule has 0 spiro atoms. The minimum Gasteiger partial charge on any atom is -0.474 e. The van der Waals surface area contributed by atoms with Crippen LogP contribution in [0.3, 0.4) is 0 Å². The van der Waals surface area contributed by atoms with Crippen LogP contribution in [-0.2, 0) is 6.18 Å². The summed E-state index contributed by atoms with van der Waals surface area (Å²) < 4.78 is 47.9. The monoisotopic (exact) mass is 499 g/mol. The molecule has 2 N–H and O–H groups in total. The molecule has 4 aromatic heterocycles. The summed E-state index contributed by atoms with van der Waals surface area (Å²) in [4.78, 5) is 11.8. The Morgan fingerprint density at radius 1 is 1.14 bits per heavy atom. The van der Waals surface area contributed by atoms with Crippen molar-refractivity contribution in [2.24, 2.45) is 0 Å². The summed E-state index contributed by atoms with van der Waals surface area (Å²) in [5.41, 5.74) is 0.0829. The van der Waals surface area contributed by atoms with Crippen molar-refractivity contribution in [3.8, 4) is 5.88 Å². The maximum atomic E-state index is 13.6. The van der Waals surface area contributed by atoms with Gasteiger partial charge in [-0.25, -0.2) is 4.98 Å². The van der Waals surface area contributed by atoms with E-state index in [0.717, 1.165) is 30.7 Å². The van der Waals surface area contributed by atoms with E-state index in [1.54, 1.807) is 12.1 Å². The first-order valence-corrected chi connectivity index (χ1v) is 11.6. The average Bonchev–Trinajstić information content (AvgIpc) is 3.32. The van der Waals surface area contributed by atoms with Gasteiger partial charge in [0.15, 0.2) is 5.65 Å². The number of fused-ring (bicyclic) bond motifs is 1. The van der Waals surface area contributed by atoms with Crippen LogP contribution in [-0.4, -0.2) is 47.3 Å². The highest BCUT2D eigenvalue weighted by molar-refractivity contribution is 5.38. The molecule has 0 aromatic carbocycles. The predicted octanol–water partition coefficient (Wildman–Crippen LogP) is 4.18. The van der Waals surface area contributed by atoms with E-state index >= 15 is 0 Å². The topological polar surface area (TPSA) is 110 Å². The Balaban J connectivity index is 1.31.